The molecule has 2 aromatic carbocycles. The number of nitrogens with zero attached hydrogens (tertiary/aromatic N) is 4. The minimum absolute atomic E-state index is 0.0362. The van der Waals surface area contributed by atoms with Gasteiger partial charge in [-0.05, 0) is 37.1 Å². The van der Waals surface area contributed by atoms with Gasteiger partial charge in [0.25, 0.3) is 5.91 Å². The molecular weight excluding hydrogens is 436 g/mol. The van der Waals surface area contributed by atoms with Crippen molar-refractivity contribution in [3.63, 3.8) is 0 Å². The number of hydrogen-bond donors (Lipinski definition) is 0. The Morgan fingerprint density at radius 3 is 2.21 bits per heavy atom. The lowest BCUT2D eigenvalue weighted by Gasteiger charge is -2.38. The summed E-state index contributed by atoms with van der Waals surface area (Å²) in [6, 6.07) is 17.7. The van der Waals surface area contributed by atoms with Crippen molar-refractivity contribution in [3.8, 4) is 0 Å². The number of thioether (sulfide) groups is 1. The number of likely N-dealkylation sites (tertiary alicyclic amines) is 1. The van der Waals surface area contributed by atoms with Crippen molar-refractivity contribution in [1.29, 1.82) is 0 Å². The fourth-order valence-electron chi connectivity index (χ4n) is 4.73. The number of benzene rings is 2. The fraction of sp³-hybridized carbons (Fsp3) is 0.400. The zero-order valence-corrected chi connectivity index (χ0v) is 19.4. The molecule has 5 rings (SSSR count). The summed E-state index contributed by atoms with van der Waals surface area (Å²) in [5.74, 6) is -0.497. The second kappa shape index (κ2) is 9.47. The molecule has 8 heteroatoms. The van der Waals surface area contributed by atoms with Crippen LogP contribution in [0, 0.1) is 0 Å². The number of para-hydroxylation sites is 2. The van der Waals surface area contributed by atoms with E-state index in [2.05, 4.69) is 17.0 Å². The summed E-state index contributed by atoms with van der Waals surface area (Å²) in [5.41, 5.74) is 1.87. The van der Waals surface area contributed by atoms with Gasteiger partial charge in [0.05, 0.1) is 5.69 Å². The molecule has 0 unspecified atom stereocenters. The van der Waals surface area contributed by atoms with Crippen LogP contribution < -0.4 is 9.80 Å². The highest BCUT2D eigenvalue weighted by Gasteiger charge is 2.41. The number of amides is 3. The van der Waals surface area contributed by atoms with Crippen molar-refractivity contribution >= 4 is 40.9 Å². The lowest BCUT2D eigenvalue weighted by molar-refractivity contribution is -0.135. The van der Waals surface area contributed by atoms with Crippen LogP contribution in [0.1, 0.15) is 12.8 Å². The van der Waals surface area contributed by atoms with Crippen LogP contribution in [-0.2, 0) is 14.4 Å². The van der Waals surface area contributed by atoms with Crippen molar-refractivity contribution in [2.75, 3.05) is 55.6 Å². The van der Waals surface area contributed by atoms with Crippen molar-refractivity contribution in [1.82, 2.24) is 9.80 Å². The van der Waals surface area contributed by atoms with Crippen LogP contribution in [0.25, 0.3) is 0 Å². The molecule has 0 bridgehead atoms. The van der Waals surface area contributed by atoms with Gasteiger partial charge in [0.1, 0.15) is 6.54 Å². The van der Waals surface area contributed by atoms with Crippen LogP contribution in [0.2, 0.25) is 0 Å². The van der Waals surface area contributed by atoms with Gasteiger partial charge < -0.3 is 19.6 Å². The van der Waals surface area contributed by atoms with Crippen molar-refractivity contribution in [2.24, 2.45) is 0 Å². The molecule has 1 atom stereocenters. The highest BCUT2D eigenvalue weighted by atomic mass is 32.2. The number of hydrogen-bond acceptors (Lipinski definition) is 5. The molecule has 2 fully saturated rings. The van der Waals surface area contributed by atoms with E-state index in [4.69, 9.17) is 0 Å². The Hall–Kier alpha value is -3.00. The average Bonchev–Trinajstić information content (AvgIpc) is 3.41. The maximum Gasteiger partial charge on any atom is 0.250 e. The Balaban J connectivity index is 1.29. The van der Waals surface area contributed by atoms with Crippen LogP contribution in [0.4, 0.5) is 11.4 Å². The highest BCUT2D eigenvalue weighted by Crippen LogP contribution is 2.40. The standard InChI is InChI=1S/C25H28N4O3S/c30-22(27-16-14-26(15-17-27)19-8-2-1-3-9-19)18-29-20-10-4-5-11-21(20)33-23(25(29)32)24(31)28-12-6-7-13-28/h1-5,8-11,23H,6-7,12-18H2/t23-/m1/s1. The minimum atomic E-state index is -0.819. The SMILES string of the molecule is O=C(CN1C(=O)[C@@H](C(=O)N2CCCC2)Sc2ccccc21)N1CCN(c2ccccc2)CC1. The van der Waals surface area contributed by atoms with Gasteiger partial charge in [-0.15, -0.1) is 11.8 Å². The first kappa shape index (κ1) is 21.8. The average molecular weight is 465 g/mol. The minimum Gasteiger partial charge on any atom is -0.368 e. The van der Waals surface area contributed by atoms with E-state index in [1.54, 1.807) is 4.90 Å². The maximum atomic E-state index is 13.4. The zero-order valence-electron chi connectivity index (χ0n) is 18.6. The van der Waals surface area contributed by atoms with Crippen molar-refractivity contribution < 1.29 is 14.4 Å². The summed E-state index contributed by atoms with van der Waals surface area (Å²) in [6.45, 7) is 4.11. The quantitative estimate of drug-likeness (QED) is 0.651. The Morgan fingerprint density at radius 2 is 1.48 bits per heavy atom. The smallest absolute Gasteiger partial charge is 0.250 e. The number of carbonyl (C=O) groups excluding carboxylic acids is 3. The molecule has 0 aromatic heterocycles. The molecular formula is C25H28N4O3S. The van der Waals surface area contributed by atoms with Gasteiger partial charge in [-0.2, -0.15) is 0 Å². The summed E-state index contributed by atoms with van der Waals surface area (Å²) in [7, 11) is 0. The Bertz CT molecular complexity index is 1030. The Kier molecular flexibility index (Phi) is 6.26. The third-order valence-corrected chi connectivity index (χ3v) is 7.82. The van der Waals surface area contributed by atoms with Gasteiger partial charge in [0, 0.05) is 49.9 Å². The van der Waals surface area contributed by atoms with E-state index in [1.807, 2.05) is 47.4 Å². The van der Waals surface area contributed by atoms with Crippen LogP contribution in [0.15, 0.2) is 59.5 Å². The molecule has 7 nitrogen and oxygen atoms in total. The first-order valence-electron chi connectivity index (χ1n) is 11.6. The summed E-state index contributed by atoms with van der Waals surface area (Å²) < 4.78 is 0. The number of piperazine rings is 1. The van der Waals surface area contributed by atoms with E-state index >= 15 is 0 Å². The highest BCUT2D eigenvalue weighted by molar-refractivity contribution is 8.01. The molecule has 0 radical (unpaired) electrons. The topological polar surface area (TPSA) is 64.2 Å². The van der Waals surface area contributed by atoms with Crippen LogP contribution in [0.5, 0.6) is 0 Å². The Morgan fingerprint density at radius 1 is 0.818 bits per heavy atom. The van der Waals surface area contributed by atoms with Gasteiger partial charge in [0.15, 0.2) is 5.25 Å². The molecule has 0 spiro atoms. The van der Waals surface area contributed by atoms with Crippen molar-refractivity contribution in [2.45, 2.75) is 23.0 Å². The van der Waals surface area contributed by atoms with Crippen LogP contribution >= 0.6 is 11.8 Å². The van der Waals surface area contributed by atoms with Gasteiger partial charge in [-0.25, -0.2) is 0 Å². The van der Waals surface area contributed by atoms with Crippen LogP contribution in [0.3, 0.4) is 0 Å². The molecule has 3 aliphatic rings. The third kappa shape index (κ3) is 4.44. The van der Waals surface area contributed by atoms with Crippen LogP contribution in [-0.4, -0.2) is 78.6 Å². The first-order valence-corrected chi connectivity index (χ1v) is 12.4. The zero-order chi connectivity index (χ0) is 22.8. The summed E-state index contributed by atoms with van der Waals surface area (Å²) in [5, 5.41) is -0.819. The molecule has 3 aliphatic heterocycles. The molecule has 3 amide bonds. The predicted molar refractivity (Wildman–Crippen MR) is 129 cm³/mol. The van der Waals surface area contributed by atoms with Crippen molar-refractivity contribution in [3.05, 3.63) is 54.6 Å². The molecule has 3 heterocycles. The normalized spacial score (nSPS) is 20.7. The molecule has 33 heavy (non-hydrogen) atoms. The van der Waals surface area contributed by atoms with Gasteiger partial charge >= 0.3 is 0 Å². The van der Waals surface area contributed by atoms with E-state index in [0.29, 0.717) is 31.9 Å². The molecule has 2 aromatic rings. The van der Waals surface area contributed by atoms with Gasteiger partial charge in [-0.1, -0.05) is 30.3 Å². The predicted octanol–water partition coefficient (Wildman–Crippen LogP) is 2.47. The summed E-state index contributed by atoms with van der Waals surface area (Å²) in [6.07, 6.45) is 1.95. The lowest BCUT2D eigenvalue weighted by Crippen LogP contribution is -2.55. The summed E-state index contributed by atoms with van der Waals surface area (Å²) in [4.78, 5) is 48.0. The number of rotatable bonds is 4. The van der Waals surface area contributed by atoms with E-state index in [0.717, 1.165) is 36.5 Å². The maximum absolute atomic E-state index is 13.4. The second-order valence-electron chi connectivity index (χ2n) is 8.63. The molecule has 0 aliphatic carbocycles. The fourth-order valence-corrected chi connectivity index (χ4v) is 5.92. The van der Waals surface area contributed by atoms with E-state index in [-0.39, 0.29) is 24.3 Å². The number of fused-ring (bicyclic) bond motifs is 1. The largest absolute Gasteiger partial charge is 0.368 e. The van der Waals surface area contributed by atoms with E-state index < -0.39 is 5.25 Å². The number of carbonyl (C=O) groups is 3. The lowest BCUT2D eigenvalue weighted by atomic mass is 10.2. The molecule has 0 saturated carbocycles. The first-order chi connectivity index (χ1) is 16.1. The second-order valence-corrected chi connectivity index (χ2v) is 9.77. The van der Waals surface area contributed by atoms with Gasteiger partial charge in [-0.3, -0.25) is 14.4 Å². The Labute approximate surface area is 198 Å². The molecule has 2 saturated heterocycles. The van der Waals surface area contributed by atoms with E-state index in [1.165, 1.54) is 16.7 Å². The monoisotopic (exact) mass is 464 g/mol. The third-order valence-electron chi connectivity index (χ3n) is 6.58. The summed E-state index contributed by atoms with van der Waals surface area (Å²) >= 11 is 1.31. The van der Waals surface area contributed by atoms with E-state index in [9.17, 15) is 14.4 Å². The molecule has 0 N–H and O–H groups in total. The van der Waals surface area contributed by atoms with Gasteiger partial charge in [0.2, 0.25) is 11.8 Å². The molecule has 172 valence electrons. The number of anilines is 2.